The van der Waals surface area contributed by atoms with Gasteiger partial charge in [-0.3, -0.25) is 13.9 Å². The van der Waals surface area contributed by atoms with Crippen molar-refractivity contribution in [3.63, 3.8) is 0 Å². The van der Waals surface area contributed by atoms with Crippen molar-refractivity contribution in [2.75, 3.05) is 11.5 Å². The second kappa shape index (κ2) is 20.3. The summed E-state index contributed by atoms with van der Waals surface area (Å²) in [6, 6.07) is 15.2. The Labute approximate surface area is 371 Å². The number of benzene rings is 2. The van der Waals surface area contributed by atoms with Gasteiger partial charge >= 0.3 is 37.7 Å². The predicted molar refractivity (Wildman–Crippen MR) is 232 cm³/mol. The van der Waals surface area contributed by atoms with Crippen molar-refractivity contribution in [1.29, 1.82) is 0 Å². The zero-order valence-electron chi connectivity index (χ0n) is 35.4. The number of hydrogen-bond donors (Lipinski definition) is 1. The van der Waals surface area contributed by atoms with E-state index in [0.717, 1.165) is 37.7 Å². The zero-order valence-corrected chi connectivity index (χ0v) is 39.3. The fourth-order valence-electron chi connectivity index (χ4n) is 5.22. The van der Waals surface area contributed by atoms with Crippen LogP contribution in [0.2, 0.25) is 0 Å². The number of esters is 1. The lowest BCUT2D eigenvalue weighted by atomic mass is 10.1. The van der Waals surface area contributed by atoms with Gasteiger partial charge in [0, 0.05) is 9.77 Å². The first-order chi connectivity index (χ1) is 28.2. The molecule has 2 aromatic carbocycles. The van der Waals surface area contributed by atoms with Crippen molar-refractivity contribution >= 4 is 72.2 Å². The summed E-state index contributed by atoms with van der Waals surface area (Å²) in [5.74, 6) is -1.15. The summed E-state index contributed by atoms with van der Waals surface area (Å²) in [5, 5.41) is -0.0577. The average Bonchev–Trinajstić information content (AvgIpc) is 3.42. The summed E-state index contributed by atoms with van der Waals surface area (Å²) in [7, 11) is -4.53. The quantitative estimate of drug-likeness (QED) is 0.0737. The van der Waals surface area contributed by atoms with Gasteiger partial charge in [-0.2, -0.15) is 15.0 Å². The number of anilines is 1. The van der Waals surface area contributed by atoms with E-state index in [1.54, 1.807) is 98.7 Å². The molecule has 1 aliphatic heterocycles. The van der Waals surface area contributed by atoms with Gasteiger partial charge in [-0.05, 0) is 128 Å². The number of alkyl halides is 1. The average molecular weight is 1000 g/mol. The van der Waals surface area contributed by atoms with Gasteiger partial charge in [0.25, 0.3) is 0 Å². The maximum atomic E-state index is 16.7. The van der Waals surface area contributed by atoms with Crippen LogP contribution in [0, 0.1) is 3.57 Å². The lowest BCUT2D eigenvalue weighted by Crippen LogP contribution is -2.45. The molecule has 0 spiro atoms. The number of imide groups is 1. The van der Waals surface area contributed by atoms with Crippen LogP contribution in [-0.2, 0) is 44.2 Å². The number of ether oxygens (including phenoxy) is 5. The second-order valence-electron chi connectivity index (χ2n) is 16.6. The minimum Gasteiger partial charge on any atom is -0.460 e. The Morgan fingerprint density at radius 1 is 0.902 bits per heavy atom. The van der Waals surface area contributed by atoms with Gasteiger partial charge in [0.15, 0.2) is 18.1 Å². The van der Waals surface area contributed by atoms with Crippen LogP contribution in [0.15, 0.2) is 71.7 Å². The Morgan fingerprint density at radius 3 is 2.02 bits per heavy atom. The molecule has 0 bridgehead atoms. The first kappa shape index (κ1) is 49.4. The Balaban J connectivity index is 1.65. The molecule has 1 aliphatic rings. The van der Waals surface area contributed by atoms with E-state index in [0.29, 0.717) is 4.90 Å². The molecule has 2 amide bonds. The lowest BCUT2D eigenvalue weighted by Gasteiger charge is -2.28. The molecule has 2 heterocycles. The third-order valence-electron chi connectivity index (χ3n) is 7.74. The number of amides is 2. The highest BCUT2D eigenvalue weighted by Gasteiger charge is 2.50. The minimum atomic E-state index is -4.53. The Morgan fingerprint density at radius 2 is 1.48 bits per heavy atom. The molecule has 6 atom stereocenters. The van der Waals surface area contributed by atoms with Gasteiger partial charge in [0.1, 0.15) is 40.6 Å². The van der Waals surface area contributed by atoms with E-state index in [2.05, 4.69) is 32.7 Å². The van der Waals surface area contributed by atoms with Crippen LogP contribution in [0.3, 0.4) is 0 Å². The number of nitrogens with zero attached hydrogens (tertiary/aromatic N) is 3. The van der Waals surface area contributed by atoms with Crippen LogP contribution in [-0.4, -0.2) is 80.8 Å². The van der Waals surface area contributed by atoms with Crippen molar-refractivity contribution in [2.45, 2.75) is 122 Å². The Kier molecular flexibility index (Phi) is 16.4. The molecule has 21 heteroatoms. The van der Waals surface area contributed by atoms with E-state index >= 15 is 4.39 Å². The molecule has 0 radical (unpaired) electrons. The van der Waals surface area contributed by atoms with Crippen molar-refractivity contribution in [3.05, 3.63) is 86.5 Å². The number of carbonyl (C=O) groups excluding carboxylic acids is 4. The zero-order chi connectivity index (χ0) is 45.5. The van der Waals surface area contributed by atoms with Gasteiger partial charge in [-0.15, -0.1) is 11.8 Å². The summed E-state index contributed by atoms with van der Waals surface area (Å²) in [5.41, 5.74) is -3.53. The highest BCUT2D eigenvalue weighted by atomic mass is 127. The first-order valence-corrected chi connectivity index (χ1v) is 22.5. The molecule has 1 unspecified atom stereocenters. The van der Waals surface area contributed by atoms with Crippen molar-refractivity contribution in [3.8, 4) is 5.75 Å². The Hall–Kier alpha value is -4.24. The van der Waals surface area contributed by atoms with E-state index in [4.69, 9.17) is 32.7 Å². The Bertz CT molecular complexity index is 2100. The van der Waals surface area contributed by atoms with E-state index in [-0.39, 0.29) is 12.4 Å². The maximum Gasteiger partial charge on any atom is 0.509 e. The van der Waals surface area contributed by atoms with Crippen LogP contribution >= 0.6 is 42.1 Å². The standard InChI is InChI=1S/C40H51FIN4O13PS/c1-24(33(47)53-22-25-14-12-11-13-15-25)44-60(52,59-27-18-16-26(42)17-19-27)54-23-28-31(55-37(51)58-40(8,9)10)30(41)32(61-28)45-21-20-29(43-34(45)48)46(35(49)56-38(2,3)4)36(50)57-39(5,6)7/h11-21,24,28,30-32H,22-23H2,1-10H3,(H,44,52)/t24-,28+,30-,31+,32+,60?/m0/s1. The molecule has 1 aromatic heterocycles. The van der Waals surface area contributed by atoms with Crippen LogP contribution in [0.1, 0.15) is 80.2 Å². The number of thioether (sulfide) groups is 1. The fraction of sp³-hybridized carbons (Fsp3) is 0.500. The summed E-state index contributed by atoms with van der Waals surface area (Å²) in [6.45, 7) is 14.9. The van der Waals surface area contributed by atoms with Crippen molar-refractivity contribution in [2.24, 2.45) is 0 Å². The van der Waals surface area contributed by atoms with Crippen LogP contribution < -0.4 is 20.2 Å². The number of carbonyl (C=O) groups is 4. The molecule has 4 rings (SSSR count). The monoisotopic (exact) mass is 1000 g/mol. The first-order valence-electron chi connectivity index (χ1n) is 18.9. The molecular weight excluding hydrogens is 953 g/mol. The topological polar surface area (TPSA) is 200 Å². The van der Waals surface area contributed by atoms with E-state index in [1.165, 1.54) is 19.1 Å². The van der Waals surface area contributed by atoms with Gasteiger partial charge in [-0.1, -0.05) is 30.3 Å². The SMILES string of the molecule is C[C@H](NP(=O)(OC[C@H]1S[C@@H](n2ccc(N(C(=O)OC(C)(C)C)C(=O)OC(C)(C)C)nc2=O)[C@@H](F)[C@@H]1OC(=O)OC(C)(C)C)Oc1ccc(I)cc1)C(=O)OCc1ccccc1. The number of rotatable bonds is 13. The van der Waals surface area contributed by atoms with Crippen LogP contribution in [0.5, 0.6) is 5.75 Å². The molecule has 1 fully saturated rings. The largest absolute Gasteiger partial charge is 0.509 e. The number of aromatic nitrogens is 2. The smallest absolute Gasteiger partial charge is 0.460 e. The van der Waals surface area contributed by atoms with Gasteiger partial charge in [-0.25, -0.2) is 28.1 Å². The third-order valence-corrected chi connectivity index (χ3v) is 11.6. The van der Waals surface area contributed by atoms with E-state index < -0.39 is 95.9 Å². The summed E-state index contributed by atoms with van der Waals surface area (Å²) < 4.78 is 71.4. The molecule has 0 aliphatic carbocycles. The van der Waals surface area contributed by atoms with Crippen molar-refractivity contribution < 1.29 is 60.9 Å². The van der Waals surface area contributed by atoms with Crippen LogP contribution in [0.4, 0.5) is 24.6 Å². The summed E-state index contributed by atoms with van der Waals surface area (Å²) >= 11 is 2.85. The lowest BCUT2D eigenvalue weighted by molar-refractivity contribution is -0.146. The van der Waals surface area contributed by atoms with Gasteiger partial charge in [0.2, 0.25) is 0 Å². The van der Waals surface area contributed by atoms with Crippen LogP contribution in [0.25, 0.3) is 0 Å². The summed E-state index contributed by atoms with van der Waals surface area (Å²) in [4.78, 5) is 70.4. The highest BCUT2D eigenvalue weighted by Crippen LogP contribution is 2.50. The molecular formula is C40H51FIN4O13PS. The molecule has 61 heavy (non-hydrogen) atoms. The van der Waals surface area contributed by atoms with Gasteiger partial charge in [0.05, 0.1) is 11.9 Å². The minimum absolute atomic E-state index is 0.0637. The molecule has 1 N–H and O–H groups in total. The predicted octanol–water partition coefficient (Wildman–Crippen LogP) is 8.72. The maximum absolute atomic E-state index is 16.7. The summed E-state index contributed by atoms with van der Waals surface area (Å²) in [6.07, 6.45) is -6.31. The fourth-order valence-corrected chi connectivity index (χ4v) is 8.65. The van der Waals surface area contributed by atoms with E-state index in [1.807, 2.05) is 6.07 Å². The molecule has 0 saturated carbocycles. The third kappa shape index (κ3) is 15.3. The molecule has 1 saturated heterocycles. The number of halogens is 2. The van der Waals surface area contributed by atoms with Crippen molar-refractivity contribution in [1.82, 2.24) is 14.6 Å². The highest BCUT2D eigenvalue weighted by molar-refractivity contribution is 14.1. The molecule has 17 nitrogen and oxygen atoms in total. The van der Waals surface area contributed by atoms with Gasteiger partial charge < -0.3 is 28.2 Å². The van der Waals surface area contributed by atoms with E-state index in [9.17, 15) is 28.5 Å². The normalized spacial score (nSPS) is 19.5. The number of nitrogens with one attached hydrogen (secondary N) is 1. The number of hydrogen-bond acceptors (Lipinski definition) is 15. The molecule has 334 valence electrons. The molecule has 3 aromatic rings. The second-order valence-corrected chi connectivity index (χ2v) is 20.9.